The molecule has 0 amide bonds. The number of hydrogen-bond donors (Lipinski definition) is 0. The van der Waals surface area contributed by atoms with Crippen molar-refractivity contribution in [3.63, 3.8) is 0 Å². The Kier molecular flexibility index (Phi) is 2.79. The van der Waals surface area contributed by atoms with Crippen LogP contribution >= 0.6 is 0 Å². The Labute approximate surface area is 111 Å². The monoisotopic (exact) mass is 251 g/mol. The van der Waals surface area contributed by atoms with E-state index in [1.165, 1.54) is 0 Å². The Hall–Kier alpha value is -2.56. The summed E-state index contributed by atoms with van der Waals surface area (Å²) in [6.45, 7) is 3.87. The van der Waals surface area contributed by atoms with E-state index in [-0.39, 0.29) is 0 Å². The maximum absolute atomic E-state index is 4.38. The van der Waals surface area contributed by atoms with Crippen molar-refractivity contribution >= 4 is 0 Å². The quantitative estimate of drug-likeness (QED) is 0.701. The maximum Gasteiger partial charge on any atom is 0.107 e. The molecule has 0 N–H and O–H groups in total. The zero-order chi connectivity index (χ0) is 13.2. The Balaban J connectivity index is 2.07. The van der Waals surface area contributed by atoms with Crippen LogP contribution in [0.1, 0.15) is 11.4 Å². The summed E-state index contributed by atoms with van der Waals surface area (Å²) in [5, 5.41) is 4.32. The SMILES string of the molecule is Cc1ccc(-n2nccc2-c2cnc(C)cn2)cn1. The van der Waals surface area contributed by atoms with Gasteiger partial charge in [-0.05, 0) is 32.0 Å². The number of hydrogen-bond acceptors (Lipinski definition) is 4. The summed E-state index contributed by atoms with van der Waals surface area (Å²) in [6.07, 6.45) is 7.05. The van der Waals surface area contributed by atoms with Gasteiger partial charge < -0.3 is 0 Å². The first-order valence-corrected chi connectivity index (χ1v) is 6.00. The number of aryl methyl sites for hydroxylation is 2. The molecule has 94 valence electrons. The van der Waals surface area contributed by atoms with Crippen LogP contribution in [0.25, 0.3) is 17.1 Å². The molecule has 0 radical (unpaired) electrons. The highest BCUT2D eigenvalue weighted by molar-refractivity contribution is 5.56. The molecule has 0 aliphatic rings. The van der Waals surface area contributed by atoms with Crippen LogP contribution in [-0.2, 0) is 0 Å². The van der Waals surface area contributed by atoms with Gasteiger partial charge in [-0.1, -0.05) is 0 Å². The summed E-state index contributed by atoms with van der Waals surface area (Å²) in [4.78, 5) is 12.9. The Bertz CT molecular complexity index is 623. The van der Waals surface area contributed by atoms with Crippen molar-refractivity contribution in [2.75, 3.05) is 0 Å². The van der Waals surface area contributed by atoms with E-state index < -0.39 is 0 Å². The molecule has 0 spiro atoms. The molecule has 0 unspecified atom stereocenters. The lowest BCUT2D eigenvalue weighted by Crippen LogP contribution is -2.01. The minimum Gasteiger partial charge on any atom is -0.259 e. The Morgan fingerprint density at radius 3 is 2.37 bits per heavy atom. The van der Waals surface area contributed by atoms with Crippen molar-refractivity contribution < 1.29 is 0 Å². The van der Waals surface area contributed by atoms with Crippen molar-refractivity contribution in [2.24, 2.45) is 0 Å². The summed E-state index contributed by atoms with van der Waals surface area (Å²) in [5.74, 6) is 0. The Morgan fingerprint density at radius 1 is 0.842 bits per heavy atom. The number of rotatable bonds is 2. The molecular weight excluding hydrogens is 238 g/mol. The van der Waals surface area contributed by atoms with Crippen LogP contribution in [0.15, 0.2) is 43.0 Å². The maximum atomic E-state index is 4.38. The van der Waals surface area contributed by atoms with Crippen molar-refractivity contribution in [2.45, 2.75) is 13.8 Å². The summed E-state index contributed by atoms with van der Waals surface area (Å²) >= 11 is 0. The molecule has 0 saturated heterocycles. The standard InChI is InChI=1S/C14H13N5/c1-10-3-4-12(8-15-10)19-14(5-6-18-19)13-9-16-11(2)7-17-13/h3-9H,1-2H3. The lowest BCUT2D eigenvalue weighted by molar-refractivity contribution is 0.873. The summed E-state index contributed by atoms with van der Waals surface area (Å²) in [5.41, 5.74) is 4.48. The molecule has 3 rings (SSSR count). The van der Waals surface area contributed by atoms with Crippen molar-refractivity contribution in [3.05, 3.63) is 54.4 Å². The minimum absolute atomic E-state index is 0.795. The normalized spacial score (nSPS) is 10.6. The first kappa shape index (κ1) is 11.5. The van der Waals surface area contributed by atoms with Crippen LogP contribution in [0.3, 0.4) is 0 Å². The molecule has 0 aromatic carbocycles. The van der Waals surface area contributed by atoms with Gasteiger partial charge in [-0.15, -0.1) is 0 Å². The van der Waals surface area contributed by atoms with Gasteiger partial charge in [-0.25, -0.2) is 4.68 Å². The fourth-order valence-corrected chi connectivity index (χ4v) is 1.81. The molecule has 0 atom stereocenters. The highest BCUT2D eigenvalue weighted by Gasteiger charge is 2.09. The lowest BCUT2D eigenvalue weighted by Gasteiger charge is -2.06. The predicted molar refractivity (Wildman–Crippen MR) is 71.9 cm³/mol. The topological polar surface area (TPSA) is 56.5 Å². The second-order valence-corrected chi connectivity index (χ2v) is 4.33. The van der Waals surface area contributed by atoms with Crippen LogP contribution in [0.2, 0.25) is 0 Å². The second kappa shape index (κ2) is 4.61. The van der Waals surface area contributed by atoms with E-state index in [9.17, 15) is 0 Å². The zero-order valence-electron chi connectivity index (χ0n) is 10.8. The minimum atomic E-state index is 0.795. The molecule has 0 saturated carbocycles. The number of aromatic nitrogens is 5. The third kappa shape index (κ3) is 2.22. The van der Waals surface area contributed by atoms with Crippen molar-refractivity contribution in [1.82, 2.24) is 24.7 Å². The lowest BCUT2D eigenvalue weighted by atomic mass is 10.3. The first-order chi connectivity index (χ1) is 9.24. The fourth-order valence-electron chi connectivity index (χ4n) is 1.81. The Morgan fingerprint density at radius 2 is 1.68 bits per heavy atom. The van der Waals surface area contributed by atoms with Crippen molar-refractivity contribution in [3.8, 4) is 17.1 Å². The molecule has 3 heterocycles. The van der Waals surface area contributed by atoms with Gasteiger partial charge in [0.25, 0.3) is 0 Å². The summed E-state index contributed by atoms with van der Waals surface area (Å²) in [6, 6.07) is 5.86. The van der Waals surface area contributed by atoms with E-state index in [0.29, 0.717) is 0 Å². The molecule has 3 aromatic heterocycles. The van der Waals surface area contributed by atoms with Crippen LogP contribution in [0.5, 0.6) is 0 Å². The van der Waals surface area contributed by atoms with Gasteiger partial charge in [-0.3, -0.25) is 15.0 Å². The smallest absolute Gasteiger partial charge is 0.107 e. The van der Waals surface area contributed by atoms with Gasteiger partial charge in [-0.2, -0.15) is 5.10 Å². The molecule has 0 aliphatic heterocycles. The van der Waals surface area contributed by atoms with Crippen LogP contribution in [0, 0.1) is 13.8 Å². The molecule has 3 aromatic rings. The first-order valence-electron chi connectivity index (χ1n) is 6.00. The zero-order valence-corrected chi connectivity index (χ0v) is 10.8. The average Bonchev–Trinajstić information content (AvgIpc) is 2.90. The van der Waals surface area contributed by atoms with E-state index >= 15 is 0 Å². The predicted octanol–water partition coefficient (Wildman–Crippen LogP) is 2.34. The third-order valence-corrected chi connectivity index (χ3v) is 2.83. The van der Waals surface area contributed by atoms with Gasteiger partial charge in [0.05, 0.1) is 35.7 Å². The van der Waals surface area contributed by atoms with Gasteiger partial charge in [0.1, 0.15) is 5.69 Å². The summed E-state index contributed by atoms with van der Waals surface area (Å²) in [7, 11) is 0. The second-order valence-electron chi connectivity index (χ2n) is 4.33. The average molecular weight is 251 g/mol. The number of nitrogens with zero attached hydrogens (tertiary/aromatic N) is 5. The van der Waals surface area contributed by atoms with Crippen LogP contribution in [0.4, 0.5) is 0 Å². The van der Waals surface area contributed by atoms with Gasteiger partial charge in [0.15, 0.2) is 0 Å². The van der Waals surface area contributed by atoms with E-state index in [1.807, 2.05) is 36.7 Å². The summed E-state index contributed by atoms with van der Waals surface area (Å²) < 4.78 is 1.81. The van der Waals surface area contributed by atoms with E-state index in [2.05, 4.69) is 20.1 Å². The third-order valence-electron chi connectivity index (χ3n) is 2.83. The molecule has 5 nitrogen and oxygen atoms in total. The van der Waals surface area contributed by atoms with Crippen molar-refractivity contribution in [1.29, 1.82) is 0 Å². The fraction of sp³-hybridized carbons (Fsp3) is 0.143. The highest BCUT2D eigenvalue weighted by Crippen LogP contribution is 2.19. The molecule has 0 aliphatic carbocycles. The molecule has 0 bridgehead atoms. The molecule has 5 heteroatoms. The van der Waals surface area contributed by atoms with E-state index in [1.54, 1.807) is 24.8 Å². The highest BCUT2D eigenvalue weighted by atomic mass is 15.3. The molecule has 0 fully saturated rings. The van der Waals surface area contributed by atoms with E-state index in [4.69, 9.17) is 0 Å². The van der Waals surface area contributed by atoms with Crippen LogP contribution < -0.4 is 0 Å². The molecule has 19 heavy (non-hydrogen) atoms. The molecular formula is C14H13N5. The van der Waals surface area contributed by atoms with E-state index in [0.717, 1.165) is 28.5 Å². The van der Waals surface area contributed by atoms with Gasteiger partial charge in [0.2, 0.25) is 0 Å². The number of pyridine rings is 1. The largest absolute Gasteiger partial charge is 0.259 e. The van der Waals surface area contributed by atoms with Gasteiger partial charge >= 0.3 is 0 Å². The van der Waals surface area contributed by atoms with Crippen LogP contribution in [-0.4, -0.2) is 24.7 Å². The van der Waals surface area contributed by atoms with Gasteiger partial charge in [0, 0.05) is 11.9 Å².